The van der Waals surface area contributed by atoms with Crippen molar-refractivity contribution in [3.05, 3.63) is 63.3 Å². The van der Waals surface area contributed by atoms with E-state index in [0.29, 0.717) is 16.2 Å². The van der Waals surface area contributed by atoms with Gasteiger partial charge in [-0.25, -0.2) is 5.10 Å². The van der Waals surface area contributed by atoms with Crippen molar-refractivity contribution in [1.82, 2.24) is 14.9 Å². The fourth-order valence-electron chi connectivity index (χ4n) is 1.93. The quantitative estimate of drug-likeness (QED) is 0.538. The molecule has 3 rings (SSSR count). The Labute approximate surface area is 140 Å². The maximum Gasteiger partial charge on any atom is 0.216 e. The zero-order valence-corrected chi connectivity index (χ0v) is 13.7. The summed E-state index contributed by atoms with van der Waals surface area (Å²) in [6.45, 7) is 0. The number of phenolic OH excluding ortho intramolecular Hbond substituents is 1. The van der Waals surface area contributed by atoms with Gasteiger partial charge in [0.1, 0.15) is 5.75 Å². The lowest BCUT2D eigenvalue weighted by atomic mass is 10.2. The summed E-state index contributed by atoms with van der Waals surface area (Å²) in [5.74, 6) is 0.743. The summed E-state index contributed by atoms with van der Waals surface area (Å²) in [7, 11) is 0. The third-order valence-electron chi connectivity index (χ3n) is 3.01. The minimum absolute atomic E-state index is 0.156. The average Bonchev–Trinajstić information content (AvgIpc) is 2.88. The number of para-hydroxylation sites is 1. The van der Waals surface area contributed by atoms with E-state index in [-0.39, 0.29) is 5.75 Å². The molecule has 110 valence electrons. The standard InChI is InChI=1S/C15H11BrN4OS/c16-12-7-3-2-6-11(12)14-18-19-15(22)20(14)17-9-10-5-1-4-8-13(10)21/h1-9,21H,(H,19,22)/b17-9+. The van der Waals surface area contributed by atoms with Crippen molar-refractivity contribution in [2.75, 3.05) is 0 Å². The molecule has 0 saturated heterocycles. The van der Waals surface area contributed by atoms with Crippen molar-refractivity contribution in [2.24, 2.45) is 5.10 Å². The summed E-state index contributed by atoms with van der Waals surface area (Å²) in [5, 5.41) is 21.1. The number of aromatic amines is 1. The van der Waals surface area contributed by atoms with E-state index in [2.05, 4.69) is 31.2 Å². The molecule has 2 N–H and O–H groups in total. The zero-order valence-electron chi connectivity index (χ0n) is 11.3. The summed E-state index contributed by atoms with van der Waals surface area (Å²) in [6.07, 6.45) is 1.54. The molecule has 2 aromatic carbocycles. The van der Waals surface area contributed by atoms with Gasteiger partial charge in [0.2, 0.25) is 4.77 Å². The highest BCUT2D eigenvalue weighted by Gasteiger charge is 2.11. The van der Waals surface area contributed by atoms with E-state index in [1.165, 1.54) is 4.68 Å². The Bertz CT molecular complexity index is 900. The van der Waals surface area contributed by atoms with E-state index in [9.17, 15) is 5.11 Å². The van der Waals surface area contributed by atoms with Crippen LogP contribution in [0.4, 0.5) is 0 Å². The molecule has 5 nitrogen and oxygen atoms in total. The number of halogens is 1. The summed E-state index contributed by atoms with van der Waals surface area (Å²) in [5.41, 5.74) is 1.47. The van der Waals surface area contributed by atoms with Gasteiger partial charge in [-0.2, -0.15) is 14.9 Å². The lowest BCUT2D eigenvalue weighted by Crippen LogP contribution is -1.95. The van der Waals surface area contributed by atoms with Gasteiger partial charge in [0.15, 0.2) is 5.82 Å². The van der Waals surface area contributed by atoms with Gasteiger partial charge < -0.3 is 5.11 Å². The highest BCUT2D eigenvalue weighted by molar-refractivity contribution is 9.10. The first-order chi connectivity index (χ1) is 10.7. The van der Waals surface area contributed by atoms with Crippen LogP contribution in [0.2, 0.25) is 0 Å². The number of phenols is 1. The molecule has 0 radical (unpaired) electrons. The van der Waals surface area contributed by atoms with Gasteiger partial charge in [-0.3, -0.25) is 0 Å². The number of benzene rings is 2. The monoisotopic (exact) mass is 374 g/mol. The average molecular weight is 375 g/mol. The number of hydrogen-bond donors (Lipinski definition) is 2. The number of rotatable bonds is 3. The van der Waals surface area contributed by atoms with Crippen molar-refractivity contribution in [1.29, 1.82) is 0 Å². The first-order valence-corrected chi connectivity index (χ1v) is 7.61. The fraction of sp³-hybridized carbons (Fsp3) is 0. The molecule has 0 unspecified atom stereocenters. The highest BCUT2D eigenvalue weighted by atomic mass is 79.9. The predicted octanol–water partition coefficient (Wildman–Crippen LogP) is 3.96. The molecule has 0 fully saturated rings. The van der Waals surface area contributed by atoms with Crippen molar-refractivity contribution in [2.45, 2.75) is 0 Å². The molecule has 7 heteroatoms. The van der Waals surface area contributed by atoms with Crippen molar-refractivity contribution >= 4 is 34.4 Å². The molecule has 1 aromatic heterocycles. The zero-order chi connectivity index (χ0) is 15.5. The Morgan fingerprint density at radius 1 is 1.18 bits per heavy atom. The minimum Gasteiger partial charge on any atom is -0.507 e. The van der Waals surface area contributed by atoms with Crippen LogP contribution in [0.15, 0.2) is 58.1 Å². The largest absolute Gasteiger partial charge is 0.507 e. The molecule has 3 aromatic rings. The van der Waals surface area contributed by atoms with Gasteiger partial charge >= 0.3 is 0 Å². The van der Waals surface area contributed by atoms with Crippen LogP contribution in [0.25, 0.3) is 11.4 Å². The van der Waals surface area contributed by atoms with E-state index in [4.69, 9.17) is 12.2 Å². The van der Waals surface area contributed by atoms with Crippen LogP contribution in [0.5, 0.6) is 5.75 Å². The van der Waals surface area contributed by atoms with Crippen LogP contribution < -0.4 is 0 Å². The number of aromatic hydroxyl groups is 1. The molecule has 0 aliphatic carbocycles. The molecule has 0 atom stereocenters. The SMILES string of the molecule is Oc1ccccc1/C=N/n1c(-c2ccccc2Br)n[nH]c1=S. The maximum absolute atomic E-state index is 9.78. The fourth-order valence-corrected chi connectivity index (χ4v) is 2.57. The van der Waals surface area contributed by atoms with E-state index >= 15 is 0 Å². The predicted molar refractivity (Wildman–Crippen MR) is 91.6 cm³/mol. The van der Waals surface area contributed by atoms with Gasteiger partial charge in [0, 0.05) is 15.6 Å². The Morgan fingerprint density at radius 3 is 2.68 bits per heavy atom. The van der Waals surface area contributed by atoms with E-state index < -0.39 is 0 Å². The Hall–Kier alpha value is -2.25. The van der Waals surface area contributed by atoms with Crippen LogP contribution in [-0.4, -0.2) is 26.2 Å². The number of hydrogen-bond acceptors (Lipinski definition) is 4. The summed E-state index contributed by atoms with van der Waals surface area (Å²) < 4.78 is 2.78. The van der Waals surface area contributed by atoms with E-state index in [0.717, 1.165) is 10.0 Å². The molecule has 0 amide bonds. The molecule has 0 saturated carbocycles. The molecule has 0 spiro atoms. The molecule has 0 bridgehead atoms. The first-order valence-electron chi connectivity index (χ1n) is 6.41. The number of H-pyrrole nitrogens is 1. The summed E-state index contributed by atoms with van der Waals surface area (Å²) >= 11 is 8.71. The molecule has 22 heavy (non-hydrogen) atoms. The molecular formula is C15H11BrN4OS. The van der Waals surface area contributed by atoms with Gasteiger partial charge in [-0.15, -0.1) is 0 Å². The van der Waals surface area contributed by atoms with Gasteiger partial charge in [0.05, 0.1) is 6.21 Å². The second kappa shape index (κ2) is 6.25. The van der Waals surface area contributed by atoms with Gasteiger partial charge in [-0.1, -0.05) is 40.2 Å². The summed E-state index contributed by atoms with van der Waals surface area (Å²) in [4.78, 5) is 0. The smallest absolute Gasteiger partial charge is 0.216 e. The molecule has 0 aliphatic rings. The number of nitrogens with zero attached hydrogens (tertiary/aromatic N) is 3. The first kappa shape index (κ1) is 14.7. The maximum atomic E-state index is 9.78. The van der Waals surface area contributed by atoms with Crippen LogP contribution in [0.3, 0.4) is 0 Å². The molecular weight excluding hydrogens is 364 g/mol. The van der Waals surface area contributed by atoms with E-state index in [1.807, 2.05) is 30.3 Å². The Kier molecular flexibility index (Phi) is 4.17. The highest BCUT2D eigenvalue weighted by Crippen LogP contribution is 2.26. The van der Waals surface area contributed by atoms with Crippen LogP contribution in [0.1, 0.15) is 5.56 Å². The summed E-state index contributed by atoms with van der Waals surface area (Å²) in [6, 6.07) is 14.6. The molecule has 0 aliphatic heterocycles. The van der Waals surface area contributed by atoms with Crippen LogP contribution in [-0.2, 0) is 0 Å². The Balaban J connectivity index is 2.06. The van der Waals surface area contributed by atoms with Crippen molar-refractivity contribution in [3.8, 4) is 17.1 Å². The van der Waals surface area contributed by atoms with Crippen molar-refractivity contribution in [3.63, 3.8) is 0 Å². The second-order valence-electron chi connectivity index (χ2n) is 4.45. The minimum atomic E-state index is 0.156. The second-order valence-corrected chi connectivity index (χ2v) is 5.69. The topological polar surface area (TPSA) is 66.2 Å². The number of aromatic nitrogens is 3. The molecule has 1 heterocycles. The van der Waals surface area contributed by atoms with Crippen LogP contribution >= 0.6 is 28.1 Å². The van der Waals surface area contributed by atoms with Gasteiger partial charge in [-0.05, 0) is 36.5 Å². The Morgan fingerprint density at radius 2 is 1.91 bits per heavy atom. The third-order valence-corrected chi connectivity index (χ3v) is 3.97. The van der Waals surface area contributed by atoms with Gasteiger partial charge in [0.25, 0.3) is 0 Å². The third kappa shape index (κ3) is 2.86. The lowest BCUT2D eigenvalue weighted by molar-refractivity contribution is 0.474. The van der Waals surface area contributed by atoms with E-state index in [1.54, 1.807) is 24.4 Å². The van der Waals surface area contributed by atoms with Crippen LogP contribution in [0, 0.1) is 4.77 Å². The van der Waals surface area contributed by atoms with Crippen molar-refractivity contribution < 1.29 is 5.11 Å². The normalized spacial score (nSPS) is 11.1. The lowest BCUT2D eigenvalue weighted by Gasteiger charge is -2.03. The number of nitrogens with one attached hydrogen (secondary N) is 1.